The summed E-state index contributed by atoms with van der Waals surface area (Å²) in [6, 6.07) is 16.1. The van der Waals surface area contributed by atoms with E-state index in [1.807, 2.05) is 30.3 Å². The first-order chi connectivity index (χ1) is 12.0. The van der Waals surface area contributed by atoms with Crippen molar-refractivity contribution in [2.45, 2.75) is 10.0 Å². The molecular weight excluding hydrogens is 435 g/mol. The first-order valence-electron chi connectivity index (χ1n) is 8.07. The summed E-state index contributed by atoms with van der Waals surface area (Å²) >= 11 is 2.30. The molecule has 0 aromatic heterocycles. The van der Waals surface area contributed by atoms with Crippen LogP contribution in [0, 0.1) is 10.1 Å². The number of non-ortho nitro benzene ring substituents is 1. The minimum atomic E-state index is -0.408. The second-order valence-electron chi connectivity index (χ2n) is 5.93. The van der Waals surface area contributed by atoms with Crippen molar-refractivity contribution in [2.75, 3.05) is 26.2 Å². The summed E-state index contributed by atoms with van der Waals surface area (Å²) < 4.78 is 11.4. The fraction of sp³-hybridized carbons (Fsp3) is 0.333. The highest BCUT2D eigenvalue weighted by Crippen LogP contribution is 2.34. The monoisotopic (exact) mass is 454 g/mol. The third-order valence-electron chi connectivity index (χ3n) is 4.01. The fourth-order valence-electron chi connectivity index (χ4n) is 2.77. The van der Waals surface area contributed by atoms with Gasteiger partial charge in [-0.05, 0) is 40.8 Å². The molecule has 7 heteroatoms. The Morgan fingerprint density at radius 2 is 1.92 bits per heavy atom. The second-order valence-corrected chi connectivity index (χ2v) is 7.89. The van der Waals surface area contributed by atoms with Crippen molar-refractivity contribution in [1.82, 2.24) is 4.90 Å². The molecule has 0 bridgehead atoms. The maximum atomic E-state index is 10.9. The number of benzene rings is 2. The van der Waals surface area contributed by atoms with Crippen LogP contribution in [0.4, 0.5) is 5.69 Å². The summed E-state index contributed by atoms with van der Waals surface area (Å²) in [7, 11) is 0. The van der Waals surface area contributed by atoms with Gasteiger partial charge in [-0.2, -0.15) is 0 Å². The molecule has 0 radical (unpaired) electrons. The van der Waals surface area contributed by atoms with Crippen LogP contribution in [0.2, 0.25) is 0 Å². The Morgan fingerprint density at radius 3 is 2.68 bits per heavy atom. The average molecular weight is 454 g/mol. The lowest BCUT2D eigenvalue weighted by Crippen LogP contribution is -2.34. The van der Waals surface area contributed by atoms with Crippen LogP contribution in [-0.4, -0.2) is 39.7 Å². The molecule has 2 aromatic rings. The molecule has 132 valence electrons. The Morgan fingerprint density at radius 1 is 1.16 bits per heavy atom. The zero-order valence-corrected chi connectivity index (χ0v) is 15.8. The van der Waals surface area contributed by atoms with E-state index in [9.17, 15) is 10.1 Å². The van der Waals surface area contributed by atoms with Crippen LogP contribution in [0.1, 0.15) is 6.42 Å². The van der Waals surface area contributed by atoms with Crippen molar-refractivity contribution < 1.29 is 14.4 Å². The molecular formula is C18H19IN2O4. The van der Waals surface area contributed by atoms with Crippen LogP contribution < -0.4 is 9.47 Å². The Hall–Kier alpha value is -1.87. The van der Waals surface area contributed by atoms with Gasteiger partial charge in [0.2, 0.25) is 0 Å². The molecule has 0 saturated carbocycles. The molecule has 1 atom stereocenters. The lowest BCUT2D eigenvalue weighted by atomic mass is 10.3. The Balaban J connectivity index is 1.50. The van der Waals surface area contributed by atoms with Gasteiger partial charge in [0, 0.05) is 32.1 Å². The zero-order valence-electron chi connectivity index (χ0n) is 13.6. The van der Waals surface area contributed by atoms with E-state index in [0.717, 1.165) is 31.8 Å². The van der Waals surface area contributed by atoms with Crippen LogP contribution in [0.15, 0.2) is 54.6 Å². The van der Waals surface area contributed by atoms with Crippen molar-refractivity contribution in [3.63, 3.8) is 0 Å². The van der Waals surface area contributed by atoms with E-state index in [4.69, 9.17) is 9.47 Å². The smallest absolute Gasteiger partial charge is 0.273 e. The predicted molar refractivity (Wildman–Crippen MR) is 103 cm³/mol. The van der Waals surface area contributed by atoms with Gasteiger partial charge in [0.15, 0.2) is 3.61 Å². The van der Waals surface area contributed by atoms with Gasteiger partial charge < -0.3 is 9.47 Å². The number of ether oxygens (including phenoxy) is 2. The third kappa shape index (κ3) is 5.05. The van der Waals surface area contributed by atoms with Crippen molar-refractivity contribution >= 4 is 28.3 Å². The highest BCUT2D eigenvalue weighted by atomic mass is 127. The summed E-state index contributed by atoms with van der Waals surface area (Å²) in [5.41, 5.74) is 0.0450. The Kier molecular flexibility index (Phi) is 5.74. The van der Waals surface area contributed by atoms with Gasteiger partial charge in [0.1, 0.15) is 18.1 Å². The molecule has 1 aliphatic rings. The number of rotatable bonds is 7. The van der Waals surface area contributed by atoms with Crippen molar-refractivity contribution in [3.05, 3.63) is 64.7 Å². The van der Waals surface area contributed by atoms with Gasteiger partial charge in [0.25, 0.3) is 5.69 Å². The fourth-order valence-corrected chi connectivity index (χ4v) is 3.75. The number of halogens is 1. The molecule has 25 heavy (non-hydrogen) atoms. The van der Waals surface area contributed by atoms with Crippen LogP contribution in [0.3, 0.4) is 0 Å². The molecule has 1 saturated heterocycles. The quantitative estimate of drug-likeness (QED) is 0.275. The molecule has 2 aromatic carbocycles. The molecule has 1 aliphatic heterocycles. The summed E-state index contributed by atoms with van der Waals surface area (Å²) in [6.07, 6.45) is 0.863. The van der Waals surface area contributed by atoms with Crippen molar-refractivity contribution in [3.8, 4) is 11.5 Å². The van der Waals surface area contributed by atoms with Gasteiger partial charge in [-0.15, -0.1) is 0 Å². The molecule has 0 spiro atoms. The number of hydrogen-bond donors (Lipinski definition) is 0. The van der Waals surface area contributed by atoms with Crippen LogP contribution >= 0.6 is 22.6 Å². The maximum Gasteiger partial charge on any atom is 0.273 e. The first kappa shape index (κ1) is 17.9. The van der Waals surface area contributed by atoms with E-state index in [-0.39, 0.29) is 9.30 Å². The number of alkyl halides is 1. The average Bonchev–Trinajstić information content (AvgIpc) is 2.97. The Labute approximate surface area is 160 Å². The second kappa shape index (κ2) is 8.01. The molecule has 0 N–H and O–H groups in total. The van der Waals surface area contributed by atoms with Crippen LogP contribution in [0.5, 0.6) is 11.5 Å². The van der Waals surface area contributed by atoms with E-state index >= 15 is 0 Å². The van der Waals surface area contributed by atoms with Gasteiger partial charge >= 0.3 is 0 Å². The molecule has 1 fully saturated rings. The number of nitro groups is 1. The van der Waals surface area contributed by atoms with Crippen LogP contribution in [0.25, 0.3) is 0 Å². The molecule has 0 amide bonds. The number of likely N-dealkylation sites (tertiary alicyclic amines) is 1. The summed E-state index contributed by atoms with van der Waals surface area (Å²) in [5, 5.41) is 10.9. The number of nitro benzene ring substituents is 1. The molecule has 0 aliphatic carbocycles. The van der Waals surface area contributed by atoms with Gasteiger partial charge in [-0.3, -0.25) is 15.0 Å². The molecule has 6 nitrogen and oxygen atoms in total. The maximum absolute atomic E-state index is 10.9. The van der Waals surface area contributed by atoms with Gasteiger partial charge in [0.05, 0.1) is 11.0 Å². The Bertz CT molecular complexity index is 728. The van der Waals surface area contributed by atoms with E-state index in [1.54, 1.807) is 12.1 Å². The highest BCUT2D eigenvalue weighted by Gasteiger charge is 2.37. The standard InChI is InChI=1S/C18H19IN2O4/c19-18(25-17-8-4-5-15(13-17)21(22)23)9-10-20(14-18)11-12-24-16-6-2-1-3-7-16/h1-8,13H,9-12,14H2. The number of hydrogen-bond acceptors (Lipinski definition) is 5. The van der Waals surface area contributed by atoms with Gasteiger partial charge in [-0.1, -0.05) is 24.3 Å². The van der Waals surface area contributed by atoms with E-state index < -0.39 is 4.92 Å². The summed E-state index contributed by atoms with van der Waals surface area (Å²) in [5.74, 6) is 1.40. The molecule has 1 heterocycles. The minimum Gasteiger partial charge on any atom is -0.492 e. The number of para-hydroxylation sites is 1. The van der Waals surface area contributed by atoms with E-state index in [0.29, 0.717) is 12.4 Å². The summed E-state index contributed by atoms with van der Waals surface area (Å²) in [6.45, 7) is 3.11. The SMILES string of the molecule is O=[N+]([O-])c1cccc(OC2(I)CCN(CCOc3ccccc3)C2)c1. The van der Waals surface area contributed by atoms with Crippen molar-refractivity contribution in [1.29, 1.82) is 0 Å². The summed E-state index contributed by atoms with van der Waals surface area (Å²) in [4.78, 5) is 12.8. The van der Waals surface area contributed by atoms with E-state index in [2.05, 4.69) is 27.5 Å². The van der Waals surface area contributed by atoms with Crippen LogP contribution in [-0.2, 0) is 0 Å². The topological polar surface area (TPSA) is 64.8 Å². The predicted octanol–water partition coefficient (Wildman–Crippen LogP) is 3.89. The van der Waals surface area contributed by atoms with Gasteiger partial charge in [-0.25, -0.2) is 0 Å². The zero-order chi connectivity index (χ0) is 17.7. The molecule has 1 unspecified atom stereocenters. The lowest BCUT2D eigenvalue weighted by Gasteiger charge is -2.24. The normalized spacial score (nSPS) is 20.4. The number of nitrogens with zero attached hydrogens (tertiary/aromatic N) is 2. The molecule has 3 rings (SSSR count). The van der Waals surface area contributed by atoms with E-state index in [1.165, 1.54) is 12.1 Å². The minimum absolute atomic E-state index is 0.0450. The van der Waals surface area contributed by atoms with Crippen molar-refractivity contribution in [2.24, 2.45) is 0 Å². The highest BCUT2D eigenvalue weighted by molar-refractivity contribution is 14.1. The first-order valence-corrected chi connectivity index (χ1v) is 9.15. The third-order valence-corrected chi connectivity index (χ3v) is 5.11. The lowest BCUT2D eigenvalue weighted by molar-refractivity contribution is -0.384. The largest absolute Gasteiger partial charge is 0.492 e.